The van der Waals surface area contributed by atoms with Crippen molar-refractivity contribution in [3.8, 4) is 0 Å². The maximum absolute atomic E-state index is 12.1. The molecule has 1 unspecified atom stereocenters. The molecule has 0 saturated heterocycles. The molecule has 0 aliphatic rings. The van der Waals surface area contributed by atoms with Crippen LogP contribution in [0, 0.1) is 0 Å². The molecule has 0 saturated carbocycles. The first kappa shape index (κ1) is 15.3. The molecule has 0 heterocycles. The summed E-state index contributed by atoms with van der Waals surface area (Å²) in [6.07, 6.45) is -0.151. The third-order valence-electron chi connectivity index (χ3n) is 3.39. The molecule has 0 fully saturated rings. The van der Waals surface area contributed by atoms with Crippen LogP contribution in [-0.4, -0.2) is 23.7 Å². The van der Waals surface area contributed by atoms with E-state index in [2.05, 4.69) is 5.32 Å². The van der Waals surface area contributed by atoms with Gasteiger partial charge >= 0.3 is 0 Å². The molecule has 21 heavy (non-hydrogen) atoms. The van der Waals surface area contributed by atoms with Crippen molar-refractivity contribution < 1.29 is 9.90 Å². The number of carbonyl (C=O) groups excluding carboxylic acids is 1. The molecule has 1 atom stereocenters. The van der Waals surface area contributed by atoms with Crippen LogP contribution in [-0.2, 0) is 4.79 Å². The van der Waals surface area contributed by atoms with Crippen molar-refractivity contribution in [1.29, 1.82) is 0 Å². The fraction of sp³-hybridized carbons (Fsp3) is 0.278. The van der Waals surface area contributed by atoms with Crippen LogP contribution in [0.15, 0.2) is 60.7 Å². The third-order valence-corrected chi connectivity index (χ3v) is 3.39. The van der Waals surface area contributed by atoms with Crippen molar-refractivity contribution >= 4 is 5.91 Å². The average Bonchev–Trinajstić information content (AvgIpc) is 2.52. The molecule has 2 aromatic carbocycles. The zero-order valence-corrected chi connectivity index (χ0v) is 12.2. The van der Waals surface area contributed by atoms with E-state index >= 15 is 0 Å². The molecule has 0 aliphatic carbocycles. The van der Waals surface area contributed by atoms with E-state index in [9.17, 15) is 9.90 Å². The van der Waals surface area contributed by atoms with Gasteiger partial charge in [-0.05, 0) is 18.1 Å². The minimum absolute atomic E-state index is 0.0291. The normalized spacial score (nSPS) is 12.1. The highest BCUT2D eigenvalue weighted by Gasteiger charge is 2.17. The standard InChI is InChI=1S/C18H21NO2/c1-14(20)13-19-18(21)12-17(15-8-4-2-5-9-15)16-10-6-3-7-11-16/h2-11,14,17,20H,12-13H2,1H3,(H,19,21). The van der Waals surface area contributed by atoms with Gasteiger partial charge in [-0.3, -0.25) is 4.79 Å². The van der Waals surface area contributed by atoms with Gasteiger partial charge in [0.2, 0.25) is 5.91 Å². The van der Waals surface area contributed by atoms with Gasteiger partial charge < -0.3 is 10.4 Å². The van der Waals surface area contributed by atoms with Crippen molar-refractivity contribution in [2.24, 2.45) is 0 Å². The average molecular weight is 283 g/mol. The summed E-state index contributed by atoms with van der Waals surface area (Å²) in [4.78, 5) is 12.1. The lowest BCUT2D eigenvalue weighted by Gasteiger charge is -2.18. The molecule has 1 amide bonds. The van der Waals surface area contributed by atoms with Crippen LogP contribution in [0.25, 0.3) is 0 Å². The van der Waals surface area contributed by atoms with E-state index in [4.69, 9.17) is 0 Å². The fourth-order valence-corrected chi connectivity index (χ4v) is 2.32. The van der Waals surface area contributed by atoms with Crippen LogP contribution in [0.1, 0.15) is 30.4 Å². The highest BCUT2D eigenvalue weighted by Crippen LogP contribution is 2.27. The molecule has 0 aliphatic heterocycles. The SMILES string of the molecule is CC(O)CNC(=O)CC(c1ccccc1)c1ccccc1. The Hall–Kier alpha value is -2.13. The number of carbonyl (C=O) groups is 1. The lowest BCUT2D eigenvalue weighted by atomic mass is 9.88. The lowest BCUT2D eigenvalue weighted by Crippen LogP contribution is -2.31. The molecule has 3 heteroatoms. The van der Waals surface area contributed by atoms with Crippen molar-refractivity contribution in [2.75, 3.05) is 6.54 Å². The second-order valence-corrected chi connectivity index (χ2v) is 5.23. The fourth-order valence-electron chi connectivity index (χ4n) is 2.32. The predicted octanol–water partition coefficient (Wildman–Crippen LogP) is 2.71. The summed E-state index contributed by atoms with van der Waals surface area (Å²) in [5.74, 6) is -0.0185. The van der Waals surface area contributed by atoms with Crippen molar-refractivity contribution in [3.05, 3.63) is 71.8 Å². The molecule has 110 valence electrons. The number of aliphatic hydroxyl groups excluding tert-OH is 1. The molecular formula is C18H21NO2. The van der Waals surface area contributed by atoms with Crippen molar-refractivity contribution in [2.45, 2.75) is 25.4 Å². The zero-order valence-electron chi connectivity index (χ0n) is 12.2. The quantitative estimate of drug-likeness (QED) is 0.856. The van der Waals surface area contributed by atoms with Gasteiger partial charge in [-0.25, -0.2) is 0 Å². The first-order chi connectivity index (χ1) is 10.2. The van der Waals surface area contributed by atoms with Crippen molar-refractivity contribution in [3.63, 3.8) is 0 Å². The zero-order chi connectivity index (χ0) is 15.1. The molecule has 0 aromatic heterocycles. The van der Waals surface area contributed by atoms with Gasteiger partial charge in [-0.1, -0.05) is 60.7 Å². The smallest absolute Gasteiger partial charge is 0.221 e. The highest BCUT2D eigenvalue weighted by atomic mass is 16.3. The molecule has 3 nitrogen and oxygen atoms in total. The summed E-state index contributed by atoms with van der Waals surface area (Å²) >= 11 is 0. The first-order valence-corrected chi connectivity index (χ1v) is 7.21. The van der Waals surface area contributed by atoms with E-state index in [1.165, 1.54) is 0 Å². The maximum atomic E-state index is 12.1. The number of hydrogen-bond acceptors (Lipinski definition) is 2. The summed E-state index contributed by atoms with van der Waals surface area (Å²) in [5.41, 5.74) is 2.24. The minimum atomic E-state index is -0.527. The van der Waals surface area contributed by atoms with Gasteiger partial charge in [0.05, 0.1) is 6.10 Å². The second-order valence-electron chi connectivity index (χ2n) is 5.23. The largest absolute Gasteiger partial charge is 0.392 e. The third kappa shape index (κ3) is 4.72. The summed E-state index contributed by atoms with van der Waals surface area (Å²) in [6.45, 7) is 1.95. The Morgan fingerprint density at radius 2 is 1.48 bits per heavy atom. The Kier molecular flexibility index (Phi) is 5.52. The Morgan fingerprint density at radius 3 is 1.90 bits per heavy atom. The molecule has 0 spiro atoms. The van der Waals surface area contributed by atoms with Crippen LogP contribution in [0.5, 0.6) is 0 Å². The second kappa shape index (κ2) is 7.60. The van der Waals surface area contributed by atoms with Gasteiger partial charge in [0.15, 0.2) is 0 Å². The molecule has 2 N–H and O–H groups in total. The summed E-state index contributed by atoms with van der Waals surface area (Å²) in [7, 11) is 0. The lowest BCUT2D eigenvalue weighted by molar-refractivity contribution is -0.121. The van der Waals surface area contributed by atoms with E-state index < -0.39 is 6.10 Å². The molecule has 0 bridgehead atoms. The van der Waals surface area contributed by atoms with E-state index in [1.807, 2.05) is 60.7 Å². The number of aliphatic hydroxyl groups is 1. The Morgan fingerprint density at radius 1 is 1.00 bits per heavy atom. The topological polar surface area (TPSA) is 49.3 Å². The van der Waals surface area contributed by atoms with Gasteiger partial charge in [0.25, 0.3) is 0 Å². The van der Waals surface area contributed by atoms with E-state index in [0.717, 1.165) is 11.1 Å². The Labute approximate surface area is 125 Å². The highest BCUT2D eigenvalue weighted by molar-refractivity contribution is 5.77. The summed E-state index contributed by atoms with van der Waals surface area (Å²) in [5, 5.41) is 12.0. The molecule has 0 radical (unpaired) electrons. The first-order valence-electron chi connectivity index (χ1n) is 7.21. The monoisotopic (exact) mass is 283 g/mol. The Bertz CT molecular complexity index is 512. The summed E-state index contributed by atoms with van der Waals surface area (Å²) in [6, 6.07) is 20.0. The minimum Gasteiger partial charge on any atom is -0.392 e. The summed E-state index contributed by atoms with van der Waals surface area (Å²) < 4.78 is 0. The van der Waals surface area contributed by atoms with Gasteiger partial charge in [0, 0.05) is 18.9 Å². The molecule has 2 rings (SSSR count). The van der Waals surface area contributed by atoms with E-state index in [-0.39, 0.29) is 18.4 Å². The van der Waals surface area contributed by atoms with Crippen LogP contribution >= 0.6 is 0 Å². The van der Waals surface area contributed by atoms with Crippen molar-refractivity contribution in [1.82, 2.24) is 5.32 Å². The molecule has 2 aromatic rings. The van der Waals surface area contributed by atoms with E-state index in [1.54, 1.807) is 6.92 Å². The van der Waals surface area contributed by atoms with Gasteiger partial charge in [0.1, 0.15) is 0 Å². The number of rotatable bonds is 6. The predicted molar refractivity (Wildman–Crippen MR) is 84.0 cm³/mol. The Balaban J connectivity index is 2.16. The molecular weight excluding hydrogens is 262 g/mol. The van der Waals surface area contributed by atoms with Gasteiger partial charge in [-0.2, -0.15) is 0 Å². The number of nitrogens with one attached hydrogen (secondary N) is 1. The van der Waals surface area contributed by atoms with Crippen LogP contribution in [0.3, 0.4) is 0 Å². The number of amides is 1. The number of hydrogen-bond donors (Lipinski definition) is 2. The maximum Gasteiger partial charge on any atom is 0.221 e. The van der Waals surface area contributed by atoms with Crippen LogP contribution in [0.4, 0.5) is 0 Å². The van der Waals surface area contributed by atoms with Gasteiger partial charge in [-0.15, -0.1) is 0 Å². The number of benzene rings is 2. The van der Waals surface area contributed by atoms with Crippen LogP contribution < -0.4 is 5.32 Å². The van der Waals surface area contributed by atoms with Crippen LogP contribution in [0.2, 0.25) is 0 Å². The van der Waals surface area contributed by atoms with E-state index in [0.29, 0.717) is 6.42 Å².